The van der Waals surface area contributed by atoms with Crippen LogP contribution in [0.3, 0.4) is 0 Å². The number of halogens is 4. The second-order valence-electron chi connectivity index (χ2n) is 7.68. The Morgan fingerprint density at radius 1 is 0.944 bits per heavy atom. The summed E-state index contributed by atoms with van der Waals surface area (Å²) in [7, 11) is 0. The summed E-state index contributed by atoms with van der Waals surface area (Å²) in [6.45, 7) is 1.11. The van der Waals surface area contributed by atoms with Gasteiger partial charge in [-0.05, 0) is 60.7 Å². The van der Waals surface area contributed by atoms with Crippen molar-refractivity contribution in [1.29, 1.82) is 0 Å². The second kappa shape index (κ2) is 12.8. The maximum atomic E-state index is 12.2. The number of oxazole rings is 1. The molecule has 2 aromatic carbocycles. The molecule has 0 spiro atoms. The van der Waals surface area contributed by atoms with E-state index in [2.05, 4.69) is 20.0 Å². The summed E-state index contributed by atoms with van der Waals surface area (Å²) in [5.41, 5.74) is 2.53. The molecule has 0 aliphatic rings. The van der Waals surface area contributed by atoms with Crippen LogP contribution in [0.15, 0.2) is 71.6 Å². The van der Waals surface area contributed by atoms with Crippen molar-refractivity contribution in [2.75, 3.05) is 0 Å². The third kappa shape index (κ3) is 8.77. The number of hydrogen-bond donors (Lipinski definition) is 0. The predicted octanol–water partition coefficient (Wildman–Crippen LogP) is 6.36. The van der Waals surface area contributed by atoms with Crippen molar-refractivity contribution < 1.29 is 27.1 Å². The molecule has 0 radical (unpaired) electrons. The minimum atomic E-state index is -4.71. The molecule has 2 aromatic heterocycles. The summed E-state index contributed by atoms with van der Waals surface area (Å²) in [6.07, 6.45) is 6.70. The fourth-order valence-corrected chi connectivity index (χ4v) is 3.28. The van der Waals surface area contributed by atoms with Gasteiger partial charge in [-0.25, -0.2) is 4.98 Å². The molecule has 0 aliphatic heterocycles. The quantitative estimate of drug-likeness (QED) is 0.214. The monoisotopic (exact) mass is 520 g/mol. The number of benzene rings is 2. The van der Waals surface area contributed by atoms with E-state index in [-0.39, 0.29) is 24.8 Å². The van der Waals surface area contributed by atoms with E-state index in [0.29, 0.717) is 17.1 Å². The Labute approximate surface area is 212 Å². The van der Waals surface area contributed by atoms with Crippen LogP contribution in [0.2, 0.25) is 0 Å². The van der Waals surface area contributed by atoms with Gasteiger partial charge in [-0.1, -0.05) is 29.5 Å². The highest BCUT2D eigenvalue weighted by Crippen LogP contribution is 2.23. The van der Waals surface area contributed by atoms with E-state index in [1.807, 2.05) is 35.1 Å². The second-order valence-corrected chi connectivity index (χ2v) is 7.68. The van der Waals surface area contributed by atoms with Crippen molar-refractivity contribution in [2.45, 2.75) is 38.8 Å². The highest BCUT2D eigenvalue weighted by Gasteiger charge is 2.30. The first-order chi connectivity index (χ1) is 16.9. The molecule has 0 bridgehead atoms. The van der Waals surface area contributed by atoms with Gasteiger partial charge in [0.1, 0.15) is 30.1 Å². The molecule has 0 atom stereocenters. The maximum absolute atomic E-state index is 12.2. The number of hydrogen-bond acceptors (Lipinski definition) is 6. The summed E-state index contributed by atoms with van der Waals surface area (Å²) in [5, 5.41) is 7.75. The Bertz CT molecular complexity index is 1210. The van der Waals surface area contributed by atoms with Gasteiger partial charge in [-0.2, -0.15) is 0 Å². The Balaban J connectivity index is 0.00000361. The van der Waals surface area contributed by atoms with Crippen LogP contribution in [0.1, 0.15) is 35.6 Å². The van der Waals surface area contributed by atoms with Crippen LogP contribution in [0, 0.1) is 0 Å². The van der Waals surface area contributed by atoms with Crippen LogP contribution in [-0.2, 0) is 19.6 Å². The summed E-state index contributed by atoms with van der Waals surface area (Å²) < 4.78 is 53.6. The maximum Gasteiger partial charge on any atom is 0.573 e. The Morgan fingerprint density at radius 3 is 2.39 bits per heavy atom. The van der Waals surface area contributed by atoms with Gasteiger partial charge in [0, 0.05) is 18.8 Å². The number of aryl methyl sites for hydroxylation is 2. The lowest BCUT2D eigenvalue weighted by Gasteiger charge is -2.08. The minimum absolute atomic E-state index is 0. The molecular formula is C25H24ClF3N4O3. The smallest absolute Gasteiger partial charge is 0.487 e. The molecule has 0 amide bonds. The van der Waals surface area contributed by atoms with Gasteiger partial charge in [0.2, 0.25) is 5.89 Å². The van der Waals surface area contributed by atoms with Crippen LogP contribution >= 0.6 is 12.4 Å². The van der Waals surface area contributed by atoms with Gasteiger partial charge in [-0.15, -0.1) is 30.7 Å². The van der Waals surface area contributed by atoms with E-state index in [1.165, 1.54) is 36.1 Å². The molecule has 0 unspecified atom stereocenters. The first kappa shape index (κ1) is 26.8. The Kier molecular flexibility index (Phi) is 9.52. The normalized spacial score (nSPS) is 11.4. The van der Waals surface area contributed by atoms with Gasteiger partial charge in [0.15, 0.2) is 0 Å². The molecule has 0 saturated carbocycles. The van der Waals surface area contributed by atoms with Gasteiger partial charge in [0.25, 0.3) is 0 Å². The van der Waals surface area contributed by atoms with Gasteiger partial charge in [0.05, 0.1) is 6.20 Å². The summed E-state index contributed by atoms with van der Waals surface area (Å²) in [5.74, 6) is 0.819. The zero-order chi connectivity index (χ0) is 24.5. The lowest BCUT2D eigenvalue weighted by atomic mass is 10.1. The zero-order valence-electron chi connectivity index (χ0n) is 19.1. The lowest BCUT2D eigenvalue weighted by molar-refractivity contribution is -0.274. The summed E-state index contributed by atoms with van der Waals surface area (Å²) >= 11 is 0. The Hall–Kier alpha value is -3.79. The van der Waals surface area contributed by atoms with E-state index in [4.69, 9.17) is 9.15 Å². The van der Waals surface area contributed by atoms with E-state index in [9.17, 15) is 13.2 Å². The molecule has 0 saturated heterocycles. The SMILES string of the molecule is Cl.FC(F)(F)Oc1ccc(/C=C/c2nc(COc3ccc(CCCCn4ccnn4)cc3)co2)cc1. The third-order valence-corrected chi connectivity index (χ3v) is 4.99. The Morgan fingerprint density at radius 2 is 1.69 bits per heavy atom. The lowest BCUT2D eigenvalue weighted by Crippen LogP contribution is -2.16. The average molecular weight is 521 g/mol. The van der Waals surface area contributed by atoms with Crippen molar-refractivity contribution in [3.63, 3.8) is 0 Å². The average Bonchev–Trinajstić information content (AvgIpc) is 3.52. The minimum Gasteiger partial charge on any atom is -0.487 e. The fourth-order valence-electron chi connectivity index (χ4n) is 3.28. The van der Waals surface area contributed by atoms with Crippen molar-refractivity contribution >= 4 is 24.6 Å². The van der Waals surface area contributed by atoms with Crippen LogP contribution in [0.25, 0.3) is 12.2 Å². The van der Waals surface area contributed by atoms with E-state index in [0.717, 1.165) is 31.6 Å². The predicted molar refractivity (Wildman–Crippen MR) is 130 cm³/mol. The number of nitrogens with zero attached hydrogens (tertiary/aromatic N) is 4. The molecule has 11 heteroatoms. The van der Waals surface area contributed by atoms with Crippen molar-refractivity contribution in [2.24, 2.45) is 0 Å². The molecule has 190 valence electrons. The number of alkyl halides is 3. The first-order valence-electron chi connectivity index (χ1n) is 11.0. The van der Waals surface area contributed by atoms with Crippen LogP contribution in [0.5, 0.6) is 11.5 Å². The molecule has 4 rings (SSSR count). The van der Waals surface area contributed by atoms with Crippen LogP contribution in [0.4, 0.5) is 13.2 Å². The van der Waals surface area contributed by atoms with Crippen LogP contribution < -0.4 is 9.47 Å². The van der Waals surface area contributed by atoms with E-state index >= 15 is 0 Å². The molecule has 0 aliphatic carbocycles. The molecule has 0 N–H and O–H groups in total. The standard InChI is InChI=1S/C25H23F3N4O3.ClH/c26-25(27,28)35-23-11-6-20(7-12-23)8-13-24-30-21(18-34-24)17-33-22-9-4-19(5-10-22)3-1-2-15-32-16-14-29-31-32;/h4-14,16,18H,1-3,15,17H2;1H/b13-8+;. The molecular weight excluding hydrogens is 497 g/mol. The van der Waals surface area contributed by atoms with E-state index < -0.39 is 6.36 Å². The van der Waals surface area contributed by atoms with Crippen LogP contribution in [-0.4, -0.2) is 26.3 Å². The molecule has 7 nitrogen and oxygen atoms in total. The molecule has 2 heterocycles. The van der Waals surface area contributed by atoms with Crippen molar-refractivity contribution in [3.8, 4) is 11.5 Å². The van der Waals surface area contributed by atoms with Gasteiger partial charge >= 0.3 is 6.36 Å². The fraction of sp³-hybridized carbons (Fsp3) is 0.240. The number of ether oxygens (including phenoxy) is 2. The zero-order valence-corrected chi connectivity index (χ0v) is 19.9. The molecule has 4 aromatic rings. The van der Waals surface area contributed by atoms with Crippen molar-refractivity contribution in [1.82, 2.24) is 20.0 Å². The van der Waals surface area contributed by atoms with Crippen molar-refractivity contribution in [3.05, 3.63) is 89.9 Å². The highest BCUT2D eigenvalue weighted by molar-refractivity contribution is 5.85. The molecule has 36 heavy (non-hydrogen) atoms. The number of rotatable bonds is 11. The highest BCUT2D eigenvalue weighted by atomic mass is 35.5. The number of unbranched alkanes of at least 4 members (excludes halogenated alkanes) is 1. The van der Waals surface area contributed by atoms with E-state index in [1.54, 1.807) is 18.3 Å². The largest absolute Gasteiger partial charge is 0.573 e. The summed E-state index contributed by atoms with van der Waals surface area (Å²) in [6, 6.07) is 13.5. The third-order valence-electron chi connectivity index (χ3n) is 4.99. The summed E-state index contributed by atoms with van der Waals surface area (Å²) in [4.78, 5) is 4.33. The molecule has 0 fully saturated rings. The van der Waals surface area contributed by atoms with Gasteiger partial charge < -0.3 is 13.9 Å². The first-order valence-corrected chi connectivity index (χ1v) is 11.0. The number of aromatic nitrogens is 4. The topological polar surface area (TPSA) is 75.2 Å². The van der Waals surface area contributed by atoms with Gasteiger partial charge in [-0.3, -0.25) is 4.68 Å².